The molecule has 0 amide bonds. The van der Waals surface area contributed by atoms with Gasteiger partial charge < -0.3 is 11.1 Å². The lowest BCUT2D eigenvalue weighted by molar-refractivity contribution is 0.508. The van der Waals surface area contributed by atoms with Crippen LogP contribution in [0.3, 0.4) is 0 Å². The van der Waals surface area contributed by atoms with Crippen LogP contribution in [0.25, 0.3) is 0 Å². The van der Waals surface area contributed by atoms with Crippen LogP contribution in [0.15, 0.2) is 29.3 Å². The molecule has 0 aliphatic carbocycles. The standard InChI is InChI=1S/C15H24N4O2S.HI/c1-15(2,3)18-14(16)17-9-11-22(20,21)19-10-8-12-6-4-5-7-13(12)19;/h4-7H,8-11H2,1-3H3,(H3,16,17,18);1H. The SMILES string of the molecule is CC(C)(C)NC(N)=NCCS(=O)(=O)N1CCc2ccccc21.I. The lowest BCUT2D eigenvalue weighted by Gasteiger charge is -2.21. The van der Waals surface area contributed by atoms with Crippen LogP contribution >= 0.6 is 24.0 Å². The van der Waals surface area contributed by atoms with Crippen LogP contribution in [0, 0.1) is 0 Å². The van der Waals surface area contributed by atoms with E-state index in [0.717, 1.165) is 17.7 Å². The molecule has 0 radical (unpaired) electrons. The second-order valence-electron chi connectivity index (χ2n) is 6.41. The Morgan fingerprint density at radius 3 is 2.65 bits per heavy atom. The van der Waals surface area contributed by atoms with Gasteiger partial charge in [0.05, 0.1) is 18.0 Å². The van der Waals surface area contributed by atoms with Crippen LogP contribution in [-0.4, -0.2) is 38.8 Å². The van der Waals surface area contributed by atoms with E-state index in [1.807, 2.05) is 45.0 Å². The molecule has 1 aliphatic rings. The molecular formula is C15H25IN4O2S. The van der Waals surface area contributed by atoms with Crippen LogP contribution in [0.4, 0.5) is 5.69 Å². The Morgan fingerprint density at radius 2 is 2.00 bits per heavy atom. The number of guanidine groups is 1. The van der Waals surface area contributed by atoms with Gasteiger partial charge in [-0.25, -0.2) is 8.42 Å². The van der Waals surface area contributed by atoms with E-state index in [2.05, 4.69) is 10.3 Å². The van der Waals surface area contributed by atoms with E-state index in [1.165, 1.54) is 4.31 Å². The monoisotopic (exact) mass is 452 g/mol. The summed E-state index contributed by atoms with van der Waals surface area (Å²) < 4.78 is 26.4. The molecule has 0 spiro atoms. The van der Waals surface area contributed by atoms with Gasteiger partial charge in [-0.15, -0.1) is 24.0 Å². The molecule has 0 atom stereocenters. The first-order chi connectivity index (χ1) is 10.2. The number of nitrogens with zero attached hydrogens (tertiary/aromatic N) is 2. The quantitative estimate of drug-likeness (QED) is 0.414. The summed E-state index contributed by atoms with van der Waals surface area (Å²) in [6, 6.07) is 7.60. The van der Waals surface area contributed by atoms with Crippen LogP contribution in [0.5, 0.6) is 0 Å². The van der Waals surface area contributed by atoms with Gasteiger partial charge in [0.1, 0.15) is 0 Å². The van der Waals surface area contributed by atoms with Gasteiger partial charge >= 0.3 is 0 Å². The predicted molar refractivity (Wildman–Crippen MR) is 106 cm³/mol. The first kappa shape index (κ1) is 20.0. The molecule has 3 N–H and O–H groups in total. The van der Waals surface area contributed by atoms with Crippen molar-refractivity contribution >= 4 is 45.6 Å². The molecule has 0 fully saturated rings. The smallest absolute Gasteiger partial charge is 0.237 e. The lowest BCUT2D eigenvalue weighted by atomic mass is 10.1. The van der Waals surface area contributed by atoms with Gasteiger partial charge in [-0.1, -0.05) is 18.2 Å². The van der Waals surface area contributed by atoms with Gasteiger partial charge in [-0.2, -0.15) is 0 Å². The van der Waals surface area contributed by atoms with Crippen molar-refractivity contribution < 1.29 is 8.42 Å². The van der Waals surface area contributed by atoms with E-state index < -0.39 is 10.0 Å². The molecule has 1 aromatic rings. The summed E-state index contributed by atoms with van der Waals surface area (Å²) in [4.78, 5) is 4.10. The minimum atomic E-state index is -3.37. The van der Waals surface area contributed by atoms with E-state index >= 15 is 0 Å². The number of aliphatic imine (C=N–C) groups is 1. The normalized spacial score (nSPS) is 15.1. The van der Waals surface area contributed by atoms with E-state index in [9.17, 15) is 8.42 Å². The first-order valence-corrected chi connectivity index (χ1v) is 8.96. The summed E-state index contributed by atoms with van der Waals surface area (Å²) in [5.74, 6) is 0.220. The molecule has 1 heterocycles. The van der Waals surface area contributed by atoms with Gasteiger partial charge in [0, 0.05) is 12.1 Å². The largest absolute Gasteiger partial charge is 0.370 e. The fraction of sp³-hybridized carbons (Fsp3) is 0.533. The average Bonchev–Trinajstić information content (AvgIpc) is 2.80. The van der Waals surface area contributed by atoms with Gasteiger partial charge in [0.25, 0.3) is 0 Å². The predicted octanol–water partition coefficient (Wildman–Crippen LogP) is 1.70. The van der Waals surface area contributed by atoms with Crippen LogP contribution in [0.1, 0.15) is 26.3 Å². The average molecular weight is 452 g/mol. The topological polar surface area (TPSA) is 87.8 Å². The number of sulfonamides is 1. The molecule has 6 nitrogen and oxygen atoms in total. The fourth-order valence-electron chi connectivity index (χ4n) is 2.41. The Morgan fingerprint density at radius 1 is 1.35 bits per heavy atom. The minimum Gasteiger partial charge on any atom is -0.370 e. The summed E-state index contributed by atoms with van der Waals surface area (Å²) in [7, 11) is -3.37. The van der Waals surface area contributed by atoms with E-state index in [4.69, 9.17) is 5.73 Å². The van der Waals surface area contributed by atoms with Crippen molar-refractivity contribution in [1.29, 1.82) is 0 Å². The Bertz CT molecular complexity index is 668. The summed E-state index contributed by atoms with van der Waals surface area (Å²) in [5.41, 5.74) is 7.41. The molecule has 0 saturated carbocycles. The van der Waals surface area contributed by atoms with Gasteiger partial charge in [0.2, 0.25) is 10.0 Å². The van der Waals surface area contributed by atoms with Crippen LogP contribution in [-0.2, 0) is 16.4 Å². The van der Waals surface area contributed by atoms with E-state index in [-0.39, 0.29) is 47.8 Å². The highest BCUT2D eigenvalue weighted by Gasteiger charge is 2.28. The summed E-state index contributed by atoms with van der Waals surface area (Å²) in [5, 5.41) is 3.01. The summed E-state index contributed by atoms with van der Waals surface area (Å²) in [6.45, 7) is 6.55. The molecule has 8 heteroatoms. The molecular weight excluding hydrogens is 427 g/mol. The third-order valence-corrected chi connectivity index (χ3v) is 5.06. The third-order valence-electron chi connectivity index (χ3n) is 3.31. The third kappa shape index (κ3) is 5.52. The number of nitrogens with one attached hydrogen (secondary N) is 1. The number of hydrogen-bond acceptors (Lipinski definition) is 3. The van der Waals surface area contributed by atoms with Crippen molar-refractivity contribution in [2.45, 2.75) is 32.7 Å². The number of nitrogens with two attached hydrogens (primary N) is 1. The maximum Gasteiger partial charge on any atom is 0.237 e. The second kappa shape index (κ2) is 7.69. The highest BCUT2D eigenvalue weighted by molar-refractivity contribution is 14.0. The number of fused-ring (bicyclic) bond motifs is 1. The van der Waals surface area contributed by atoms with E-state index in [1.54, 1.807) is 0 Å². The number of hydrogen-bond donors (Lipinski definition) is 2. The molecule has 1 aliphatic heterocycles. The molecule has 130 valence electrons. The van der Waals surface area contributed by atoms with Gasteiger partial charge in [-0.3, -0.25) is 9.30 Å². The Labute approximate surface area is 155 Å². The maximum absolute atomic E-state index is 12.5. The van der Waals surface area contributed by atoms with Gasteiger partial charge in [0.15, 0.2) is 5.96 Å². The van der Waals surface area contributed by atoms with E-state index in [0.29, 0.717) is 6.54 Å². The number of benzene rings is 1. The van der Waals surface area contributed by atoms with Crippen LogP contribution < -0.4 is 15.4 Å². The molecule has 2 rings (SSSR count). The van der Waals surface area contributed by atoms with Gasteiger partial charge in [-0.05, 0) is 38.8 Å². The number of rotatable bonds is 4. The minimum absolute atomic E-state index is 0. The zero-order valence-electron chi connectivity index (χ0n) is 13.7. The summed E-state index contributed by atoms with van der Waals surface area (Å²) >= 11 is 0. The molecule has 0 saturated heterocycles. The molecule has 1 aromatic carbocycles. The van der Waals surface area contributed by atoms with Crippen molar-refractivity contribution in [3.05, 3.63) is 29.8 Å². The van der Waals surface area contributed by atoms with Crippen molar-refractivity contribution in [3.63, 3.8) is 0 Å². The number of halogens is 1. The lowest BCUT2D eigenvalue weighted by Crippen LogP contribution is -2.45. The van der Waals surface area contributed by atoms with Crippen molar-refractivity contribution in [2.24, 2.45) is 10.7 Å². The van der Waals surface area contributed by atoms with Crippen molar-refractivity contribution in [3.8, 4) is 0 Å². The second-order valence-corrected chi connectivity index (χ2v) is 8.42. The maximum atomic E-state index is 12.5. The Balaban J connectivity index is 0.00000264. The molecule has 23 heavy (non-hydrogen) atoms. The molecule has 0 aromatic heterocycles. The Hall–Kier alpha value is -1.03. The summed E-state index contributed by atoms with van der Waals surface area (Å²) in [6.07, 6.45) is 0.756. The first-order valence-electron chi connectivity index (χ1n) is 7.35. The zero-order chi connectivity index (χ0) is 16.4. The Kier molecular flexibility index (Phi) is 6.70. The van der Waals surface area contributed by atoms with Crippen LogP contribution in [0.2, 0.25) is 0 Å². The van der Waals surface area contributed by atoms with Crippen molar-refractivity contribution in [1.82, 2.24) is 5.32 Å². The van der Waals surface area contributed by atoms with Crippen molar-refractivity contribution in [2.75, 3.05) is 23.1 Å². The molecule has 0 unspecified atom stereocenters. The molecule has 0 bridgehead atoms. The highest BCUT2D eigenvalue weighted by atomic mass is 127. The zero-order valence-corrected chi connectivity index (χ0v) is 16.9. The number of para-hydroxylation sites is 1. The number of anilines is 1. The highest BCUT2D eigenvalue weighted by Crippen LogP contribution is 2.29. The fourth-order valence-corrected chi connectivity index (χ4v) is 3.80.